The molecular formula is C10H18ClNO2. The minimum Gasteiger partial charge on any atom is -0.380 e. The number of amides is 1. The Morgan fingerprint density at radius 3 is 3.00 bits per heavy atom. The predicted octanol–water partition coefficient (Wildman–Crippen LogP) is 1.64. The van der Waals surface area contributed by atoms with E-state index in [1.165, 1.54) is 0 Å². The second-order valence-corrected chi connectivity index (χ2v) is 4.26. The zero-order valence-corrected chi connectivity index (χ0v) is 9.59. The average molecular weight is 220 g/mol. The molecule has 0 aromatic heterocycles. The Bertz CT molecular complexity index is 197. The molecule has 0 N–H and O–H groups in total. The van der Waals surface area contributed by atoms with Gasteiger partial charge in [0.15, 0.2) is 0 Å². The monoisotopic (exact) mass is 219 g/mol. The molecule has 0 radical (unpaired) electrons. The fraction of sp³-hybridized carbons (Fsp3) is 0.900. The number of carbonyl (C=O) groups excluding carboxylic acids is 1. The topological polar surface area (TPSA) is 29.5 Å². The number of likely N-dealkylation sites (tertiary alicyclic amines) is 1. The lowest BCUT2D eigenvalue weighted by Gasteiger charge is -2.25. The van der Waals surface area contributed by atoms with Gasteiger partial charge in [0.1, 0.15) is 5.38 Å². The number of hydrogen-bond donors (Lipinski definition) is 0. The highest BCUT2D eigenvalue weighted by Gasteiger charge is 2.30. The third kappa shape index (κ3) is 2.85. The van der Waals surface area contributed by atoms with Crippen molar-refractivity contribution >= 4 is 17.5 Å². The highest BCUT2D eigenvalue weighted by Crippen LogP contribution is 2.19. The molecule has 0 bridgehead atoms. The van der Waals surface area contributed by atoms with Gasteiger partial charge in [-0.15, -0.1) is 11.6 Å². The predicted molar refractivity (Wildman–Crippen MR) is 56.5 cm³/mol. The van der Waals surface area contributed by atoms with Crippen LogP contribution in [0.15, 0.2) is 0 Å². The van der Waals surface area contributed by atoms with Crippen molar-refractivity contribution in [3.05, 3.63) is 0 Å². The zero-order chi connectivity index (χ0) is 10.6. The van der Waals surface area contributed by atoms with E-state index in [0.717, 1.165) is 19.4 Å². The number of nitrogens with zero attached hydrogens (tertiary/aromatic N) is 1. The molecule has 4 heteroatoms. The molecule has 1 aliphatic heterocycles. The number of rotatable bonds is 4. The molecule has 14 heavy (non-hydrogen) atoms. The van der Waals surface area contributed by atoms with Crippen molar-refractivity contribution in [3.8, 4) is 0 Å². The van der Waals surface area contributed by atoms with E-state index in [-0.39, 0.29) is 11.9 Å². The number of hydrogen-bond acceptors (Lipinski definition) is 2. The number of ether oxygens (including phenoxy) is 1. The molecule has 3 nitrogen and oxygen atoms in total. The Morgan fingerprint density at radius 1 is 1.71 bits per heavy atom. The van der Waals surface area contributed by atoms with Crippen LogP contribution < -0.4 is 0 Å². The average Bonchev–Trinajstić information content (AvgIpc) is 2.61. The van der Waals surface area contributed by atoms with Crippen molar-refractivity contribution in [3.63, 3.8) is 0 Å². The van der Waals surface area contributed by atoms with Crippen LogP contribution in [-0.4, -0.2) is 42.0 Å². The molecule has 1 rings (SSSR count). The van der Waals surface area contributed by atoms with Gasteiger partial charge in [0.2, 0.25) is 5.91 Å². The van der Waals surface area contributed by atoms with Crippen LogP contribution in [0.1, 0.15) is 26.7 Å². The van der Waals surface area contributed by atoms with Gasteiger partial charge in [0, 0.05) is 13.2 Å². The van der Waals surface area contributed by atoms with Gasteiger partial charge >= 0.3 is 0 Å². The van der Waals surface area contributed by atoms with Crippen molar-refractivity contribution in [1.29, 1.82) is 0 Å². The molecule has 0 aliphatic carbocycles. The lowest BCUT2D eigenvalue weighted by molar-refractivity contribution is -0.132. The summed E-state index contributed by atoms with van der Waals surface area (Å²) in [5.74, 6) is 0.0360. The first kappa shape index (κ1) is 11.8. The van der Waals surface area contributed by atoms with Gasteiger partial charge in [-0.2, -0.15) is 0 Å². The minimum atomic E-state index is -0.419. The van der Waals surface area contributed by atoms with Crippen molar-refractivity contribution in [2.75, 3.05) is 19.8 Å². The number of halogens is 1. The Morgan fingerprint density at radius 2 is 2.43 bits per heavy atom. The third-order valence-electron chi connectivity index (χ3n) is 2.51. The van der Waals surface area contributed by atoms with Crippen LogP contribution in [0.2, 0.25) is 0 Å². The molecule has 1 fully saturated rings. The Labute approximate surface area is 90.4 Å². The zero-order valence-electron chi connectivity index (χ0n) is 8.83. The van der Waals surface area contributed by atoms with Gasteiger partial charge in [0.05, 0.1) is 12.6 Å². The molecule has 1 amide bonds. The summed E-state index contributed by atoms with van der Waals surface area (Å²) in [7, 11) is 0. The van der Waals surface area contributed by atoms with Gasteiger partial charge in [0.25, 0.3) is 0 Å². The summed E-state index contributed by atoms with van der Waals surface area (Å²) in [5, 5.41) is -0.419. The van der Waals surface area contributed by atoms with Gasteiger partial charge in [-0.25, -0.2) is 0 Å². The summed E-state index contributed by atoms with van der Waals surface area (Å²) in [6, 6.07) is 0.239. The highest BCUT2D eigenvalue weighted by atomic mass is 35.5. The van der Waals surface area contributed by atoms with Gasteiger partial charge in [-0.05, 0) is 26.7 Å². The molecular weight excluding hydrogens is 202 g/mol. The Hall–Kier alpha value is -0.280. The van der Waals surface area contributed by atoms with Crippen LogP contribution in [0.5, 0.6) is 0 Å². The number of alkyl halides is 1. The first-order chi connectivity index (χ1) is 6.66. The lowest BCUT2D eigenvalue weighted by atomic mass is 10.2. The second kappa shape index (κ2) is 5.56. The number of carbonyl (C=O) groups is 1. The van der Waals surface area contributed by atoms with E-state index < -0.39 is 5.38 Å². The van der Waals surface area contributed by atoms with Crippen LogP contribution in [0.3, 0.4) is 0 Å². The third-order valence-corrected chi connectivity index (χ3v) is 2.70. The molecule has 2 atom stereocenters. The van der Waals surface area contributed by atoms with Gasteiger partial charge < -0.3 is 9.64 Å². The summed E-state index contributed by atoms with van der Waals surface area (Å²) in [4.78, 5) is 13.5. The molecule has 1 aliphatic rings. The summed E-state index contributed by atoms with van der Waals surface area (Å²) < 4.78 is 5.34. The summed E-state index contributed by atoms with van der Waals surface area (Å²) in [6.45, 7) is 5.86. The van der Waals surface area contributed by atoms with Gasteiger partial charge in [-0.1, -0.05) is 0 Å². The van der Waals surface area contributed by atoms with E-state index in [9.17, 15) is 4.79 Å². The largest absolute Gasteiger partial charge is 0.380 e. The van der Waals surface area contributed by atoms with Crippen molar-refractivity contribution in [2.45, 2.75) is 38.1 Å². The van der Waals surface area contributed by atoms with E-state index >= 15 is 0 Å². The van der Waals surface area contributed by atoms with Crippen LogP contribution in [0, 0.1) is 0 Å². The molecule has 0 saturated carbocycles. The molecule has 82 valence electrons. The van der Waals surface area contributed by atoms with E-state index in [1.807, 2.05) is 11.8 Å². The van der Waals surface area contributed by atoms with E-state index in [2.05, 4.69) is 0 Å². The Balaban J connectivity index is 2.46. The first-order valence-corrected chi connectivity index (χ1v) is 5.62. The molecule has 1 saturated heterocycles. The second-order valence-electron chi connectivity index (χ2n) is 3.60. The maximum atomic E-state index is 11.7. The fourth-order valence-corrected chi connectivity index (χ4v) is 1.91. The SMILES string of the molecule is CCOCC1CCCN1C(=O)C(C)Cl. The molecule has 0 spiro atoms. The summed E-state index contributed by atoms with van der Waals surface area (Å²) >= 11 is 5.78. The maximum Gasteiger partial charge on any atom is 0.240 e. The smallest absolute Gasteiger partial charge is 0.240 e. The van der Waals surface area contributed by atoms with E-state index in [0.29, 0.717) is 13.2 Å². The Kier molecular flexibility index (Phi) is 4.69. The van der Waals surface area contributed by atoms with Crippen LogP contribution in [-0.2, 0) is 9.53 Å². The highest BCUT2D eigenvalue weighted by molar-refractivity contribution is 6.30. The quantitative estimate of drug-likeness (QED) is 0.673. The van der Waals surface area contributed by atoms with Crippen molar-refractivity contribution in [1.82, 2.24) is 4.90 Å². The fourth-order valence-electron chi connectivity index (χ4n) is 1.78. The molecule has 2 unspecified atom stereocenters. The van der Waals surface area contributed by atoms with Crippen LogP contribution in [0.25, 0.3) is 0 Å². The van der Waals surface area contributed by atoms with Crippen molar-refractivity contribution in [2.24, 2.45) is 0 Å². The molecule has 0 aromatic rings. The minimum absolute atomic E-state index is 0.0360. The van der Waals surface area contributed by atoms with E-state index in [1.54, 1.807) is 6.92 Å². The molecule has 1 heterocycles. The summed E-state index contributed by atoms with van der Waals surface area (Å²) in [5.41, 5.74) is 0. The van der Waals surface area contributed by atoms with Gasteiger partial charge in [-0.3, -0.25) is 4.79 Å². The molecule has 0 aromatic carbocycles. The lowest BCUT2D eigenvalue weighted by Crippen LogP contribution is -2.41. The maximum absolute atomic E-state index is 11.7. The first-order valence-electron chi connectivity index (χ1n) is 5.19. The summed E-state index contributed by atoms with van der Waals surface area (Å²) in [6.07, 6.45) is 2.10. The standard InChI is InChI=1S/C10H18ClNO2/c1-3-14-7-9-5-4-6-12(9)10(13)8(2)11/h8-9H,3-7H2,1-2H3. The van der Waals surface area contributed by atoms with E-state index in [4.69, 9.17) is 16.3 Å². The normalized spacial score (nSPS) is 23.9. The van der Waals surface area contributed by atoms with Crippen LogP contribution in [0.4, 0.5) is 0 Å². The van der Waals surface area contributed by atoms with Crippen molar-refractivity contribution < 1.29 is 9.53 Å². The van der Waals surface area contributed by atoms with Crippen LogP contribution >= 0.6 is 11.6 Å².